The van der Waals surface area contributed by atoms with Gasteiger partial charge in [-0.15, -0.1) is 0 Å². The highest BCUT2D eigenvalue weighted by molar-refractivity contribution is 5.95. The van der Waals surface area contributed by atoms with Crippen LogP contribution in [0.2, 0.25) is 0 Å². The molecule has 0 fully saturated rings. The molecular weight excluding hydrogens is 369 g/mol. The van der Waals surface area contributed by atoms with Crippen LogP contribution in [-0.4, -0.2) is 36.9 Å². The van der Waals surface area contributed by atoms with E-state index in [-0.39, 0.29) is 29.6 Å². The van der Waals surface area contributed by atoms with Gasteiger partial charge < -0.3 is 15.1 Å². The van der Waals surface area contributed by atoms with Crippen LogP contribution in [0.5, 0.6) is 0 Å². The van der Waals surface area contributed by atoms with Crippen LogP contribution >= 0.6 is 0 Å². The molecule has 0 aliphatic heterocycles. The fourth-order valence-corrected chi connectivity index (χ4v) is 2.94. The normalized spacial score (nSPS) is 10.9. The third kappa shape index (κ3) is 5.79. The van der Waals surface area contributed by atoms with Crippen molar-refractivity contribution in [2.24, 2.45) is 5.92 Å². The third-order valence-corrected chi connectivity index (χ3v) is 4.67. The Bertz CT molecular complexity index is 861. The van der Waals surface area contributed by atoms with Crippen LogP contribution in [0, 0.1) is 11.7 Å². The summed E-state index contributed by atoms with van der Waals surface area (Å²) in [4.78, 5) is 28.8. The molecule has 1 N–H and O–H groups in total. The van der Waals surface area contributed by atoms with Crippen LogP contribution in [0.1, 0.15) is 43.6 Å². The minimum absolute atomic E-state index is 0.0587. The van der Waals surface area contributed by atoms with Crippen LogP contribution in [0.4, 0.5) is 15.8 Å². The van der Waals surface area contributed by atoms with E-state index in [0.29, 0.717) is 17.8 Å². The zero-order chi connectivity index (χ0) is 21.7. The van der Waals surface area contributed by atoms with Gasteiger partial charge in [-0.2, -0.15) is 0 Å². The second kappa shape index (κ2) is 9.54. The van der Waals surface area contributed by atoms with Gasteiger partial charge in [0, 0.05) is 49.5 Å². The number of benzene rings is 2. The van der Waals surface area contributed by atoms with Crippen molar-refractivity contribution in [2.75, 3.05) is 24.3 Å². The first-order chi connectivity index (χ1) is 13.6. The third-order valence-electron chi connectivity index (χ3n) is 4.67. The Balaban J connectivity index is 2.37. The number of nitrogens with one attached hydrogen (secondary N) is 1. The molecule has 0 spiro atoms. The van der Waals surface area contributed by atoms with Gasteiger partial charge in [-0.05, 0) is 61.9 Å². The Kier molecular flexibility index (Phi) is 7.37. The highest BCUT2D eigenvalue weighted by Crippen LogP contribution is 2.26. The fraction of sp³-hybridized carbons (Fsp3) is 0.391. The second-order valence-electron chi connectivity index (χ2n) is 7.92. The Labute approximate surface area is 172 Å². The van der Waals surface area contributed by atoms with E-state index in [2.05, 4.69) is 5.32 Å². The zero-order valence-electron chi connectivity index (χ0n) is 18.0. The van der Waals surface area contributed by atoms with E-state index >= 15 is 0 Å². The standard InChI is InChI=1S/C23H30FN3O2/c1-15(2)22(28)25-20-11-12-21(26(5)6)18(13-20)14-27(16(3)4)23(29)17-7-9-19(24)10-8-17/h7-13,15-16H,14H2,1-6H3,(H,25,28). The lowest BCUT2D eigenvalue weighted by atomic mass is 10.1. The predicted octanol–water partition coefficient (Wildman–Crippen LogP) is 4.54. The van der Waals surface area contributed by atoms with Gasteiger partial charge in [0.1, 0.15) is 5.82 Å². The molecule has 6 heteroatoms. The number of hydrogen-bond donors (Lipinski definition) is 1. The Hall–Kier alpha value is -2.89. The summed E-state index contributed by atoms with van der Waals surface area (Å²) >= 11 is 0. The van der Waals surface area contributed by atoms with Gasteiger partial charge in [-0.1, -0.05) is 13.8 Å². The summed E-state index contributed by atoms with van der Waals surface area (Å²) in [6.07, 6.45) is 0. The minimum atomic E-state index is -0.374. The van der Waals surface area contributed by atoms with E-state index < -0.39 is 0 Å². The lowest BCUT2D eigenvalue weighted by molar-refractivity contribution is -0.118. The molecule has 2 amide bonds. The zero-order valence-corrected chi connectivity index (χ0v) is 18.0. The molecule has 0 aliphatic rings. The molecule has 156 valence electrons. The summed E-state index contributed by atoms with van der Waals surface area (Å²) in [6, 6.07) is 11.2. The number of nitrogens with zero attached hydrogens (tertiary/aromatic N) is 2. The summed E-state index contributed by atoms with van der Waals surface area (Å²) in [5, 5.41) is 2.91. The van der Waals surface area contributed by atoms with Crippen LogP contribution < -0.4 is 10.2 Å². The lowest BCUT2D eigenvalue weighted by Gasteiger charge is -2.29. The number of halogens is 1. The molecule has 2 aromatic carbocycles. The Morgan fingerprint density at radius 1 is 1.00 bits per heavy atom. The topological polar surface area (TPSA) is 52.7 Å². The van der Waals surface area contributed by atoms with E-state index in [1.807, 2.05) is 64.9 Å². The van der Waals surface area contributed by atoms with Crippen molar-refractivity contribution < 1.29 is 14.0 Å². The van der Waals surface area contributed by atoms with Crippen LogP contribution in [0.3, 0.4) is 0 Å². The molecule has 0 unspecified atom stereocenters. The van der Waals surface area contributed by atoms with Gasteiger partial charge in [0.25, 0.3) is 5.91 Å². The van der Waals surface area contributed by atoms with Gasteiger partial charge in [0.2, 0.25) is 5.91 Å². The first-order valence-corrected chi connectivity index (χ1v) is 9.77. The summed E-state index contributed by atoms with van der Waals surface area (Å²) in [7, 11) is 3.87. The maximum Gasteiger partial charge on any atom is 0.254 e. The fourth-order valence-electron chi connectivity index (χ4n) is 2.94. The van der Waals surface area contributed by atoms with Crippen molar-refractivity contribution in [3.8, 4) is 0 Å². The molecule has 2 aromatic rings. The Morgan fingerprint density at radius 3 is 2.14 bits per heavy atom. The number of amides is 2. The molecule has 2 rings (SSSR count). The SMILES string of the molecule is CC(C)C(=O)Nc1ccc(N(C)C)c(CN(C(=O)c2ccc(F)cc2)C(C)C)c1. The van der Waals surface area contributed by atoms with Gasteiger partial charge in [0.05, 0.1) is 0 Å². The molecule has 0 heterocycles. The van der Waals surface area contributed by atoms with Crippen molar-refractivity contribution in [1.29, 1.82) is 0 Å². The molecule has 0 radical (unpaired) electrons. The second-order valence-corrected chi connectivity index (χ2v) is 7.92. The molecule has 0 aliphatic carbocycles. The first kappa shape index (κ1) is 22.4. The highest BCUT2D eigenvalue weighted by Gasteiger charge is 2.21. The Morgan fingerprint density at radius 2 is 1.62 bits per heavy atom. The van der Waals surface area contributed by atoms with Crippen molar-refractivity contribution in [3.05, 3.63) is 59.4 Å². The van der Waals surface area contributed by atoms with Gasteiger partial charge in [-0.25, -0.2) is 4.39 Å². The van der Waals surface area contributed by atoms with E-state index in [9.17, 15) is 14.0 Å². The average molecular weight is 400 g/mol. The van der Waals surface area contributed by atoms with E-state index in [1.54, 1.807) is 4.90 Å². The molecule has 0 saturated heterocycles. The molecule has 0 aromatic heterocycles. The van der Waals surface area contributed by atoms with Gasteiger partial charge in [0.15, 0.2) is 0 Å². The van der Waals surface area contributed by atoms with Crippen LogP contribution in [-0.2, 0) is 11.3 Å². The molecule has 0 saturated carbocycles. The summed E-state index contributed by atoms with van der Waals surface area (Å²) in [6.45, 7) is 7.94. The van der Waals surface area contributed by atoms with Crippen molar-refractivity contribution in [3.63, 3.8) is 0 Å². The largest absolute Gasteiger partial charge is 0.377 e. The summed E-state index contributed by atoms with van der Waals surface area (Å²) in [5.74, 6) is -0.724. The predicted molar refractivity (Wildman–Crippen MR) is 116 cm³/mol. The maximum absolute atomic E-state index is 13.2. The first-order valence-electron chi connectivity index (χ1n) is 9.77. The highest BCUT2D eigenvalue weighted by atomic mass is 19.1. The van der Waals surface area contributed by atoms with Crippen molar-refractivity contribution in [2.45, 2.75) is 40.3 Å². The molecular formula is C23H30FN3O2. The van der Waals surface area contributed by atoms with Crippen LogP contribution in [0.15, 0.2) is 42.5 Å². The number of rotatable bonds is 7. The number of carbonyl (C=O) groups is 2. The molecule has 5 nitrogen and oxygen atoms in total. The smallest absolute Gasteiger partial charge is 0.254 e. The monoisotopic (exact) mass is 399 g/mol. The van der Waals surface area contributed by atoms with E-state index in [4.69, 9.17) is 0 Å². The minimum Gasteiger partial charge on any atom is -0.377 e. The lowest BCUT2D eigenvalue weighted by Crippen LogP contribution is -2.36. The van der Waals surface area contributed by atoms with Gasteiger partial charge in [-0.3, -0.25) is 9.59 Å². The van der Waals surface area contributed by atoms with E-state index in [0.717, 1.165) is 11.3 Å². The molecule has 0 atom stereocenters. The number of anilines is 2. The molecule has 0 bridgehead atoms. The van der Waals surface area contributed by atoms with Crippen molar-refractivity contribution >= 4 is 23.2 Å². The summed E-state index contributed by atoms with van der Waals surface area (Å²) < 4.78 is 13.2. The van der Waals surface area contributed by atoms with Crippen LogP contribution in [0.25, 0.3) is 0 Å². The van der Waals surface area contributed by atoms with Gasteiger partial charge >= 0.3 is 0 Å². The average Bonchev–Trinajstić information content (AvgIpc) is 2.65. The van der Waals surface area contributed by atoms with E-state index in [1.165, 1.54) is 24.3 Å². The summed E-state index contributed by atoms with van der Waals surface area (Å²) in [5.41, 5.74) is 3.02. The number of hydrogen-bond acceptors (Lipinski definition) is 3. The van der Waals surface area contributed by atoms with Crippen molar-refractivity contribution in [1.82, 2.24) is 4.90 Å². The quantitative estimate of drug-likeness (QED) is 0.744. The molecule has 29 heavy (non-hydrogen) atoms. The number of carbonyl (C=O) groups excluding carboxylic acids is 2. The maximum atomic E-state index is 13.2.